The van der Waals surface area contributed by atoms with Crippen LogP contribution in [0.1, 0.15) is 68.1 Å². The topological polar surface area (TPSA) is 54.5 Å². The normalized spacial score (nSPS) is 24.2. The van der Waals surface area contributed by atoms with Gasteiger partial charge in [0.15, 0.2) is 9.84 Å². The van der Waals surface area contributed by atoms with E-state index in [1.165, 1.54) is 11.0 Å². The van der Waals surface area contributed by atoms with Gasteiger partial charge in [-0.3, -0.25) is 4.79 Å². The van der Waals surface area contributed by atoms with E-state index in [-0.39, 0.29) is 48.8 Å². The molecule has 0 N–H and O–H groups in total. The molecule has 42 heavy (non-hydrogen) atoms. The summed E-state index contributed by atoms with van der Waals surface area (Å²) in [6.07, 6.45) is -8.32. The van der Waals surface area contributed by atoms with Crippen molar-refractivity contribution in [2.75, 3.05) is 6.54 Å². The zero-order valence-corrected chi connectivity index (χ0v) is 23.2. The molecule has 1 aliphatic heterocycles. The number of rotatable bonds is 4. The first-order valence-electron chi connectivity index (χ1n) is 13.8. The van der Waals surface area contributed by atoms with Crippen LogP contribution in [0.5, 0.6) is 0 Å². The predicted molar refractivity (Wildman–Crippen MR) is 136 cm³/mol. The summed E-state index contributed by atoms with van der Waals surface area (Å²) in [5.41, 5.74) is -7.68. The Labute approximate surface area is 238 Å². The van der Waals surface area contributed by atoms with Crippen LogP contribution in [0, 0.1) is 11.7 Å². The fourth-order valence-electron chi connectivity index (χ4n) is 7.10. The van der Waals surface area contributed by atoms with Gasteiger partial charge in [-0.2, -0.15) is 26.3 Å². The van der Waals surface area contributed by atoms with Gasteiger partial charge >= 0.3 is 18.0 Å². The van der Waals surface area contributed by atoms with Crippen molar-refractivity contribution < 1.29 is 48.3 Å². The number of carbonyl (C=O) groups excluding carboxylic acids is 1. The van der Waals surface area contributed by atoms with Crippen molar-refractivity contribution in [2.24, 2.45) is 5.92 Å². The molecule has 2 unspecified atom stereocenters. The molecule has 2 fully saturated rings. The van der Waals surface area contributed by atoms with Gasteiger partial charge in [-0.05, 0) is 61.4 Å². The van der Waals surface area contributed by atoms with Crippen LogP contribution >= 0.6 is 0 Å². The molecular weight excluding hydrogens is 594 g/mol. The summed E-state index contributed by atoms with van der Waals surface area (Å²) in [4.78, 5) is 14.8. The monoisotopic (exact) mass is 623 g/mol. The first kappa shape index (κ1) is 30.7. The second kappa shape index (κ2) is 10.5. The van der Waals surface area contributed by atoms with Crippen molar-refractivity contribution in [1.82, 2.24) is 4.90 Å². The SMILES string of the molecule is O=C(C1CCCCCC1)N1CCC2(S(=O)(=O)c3cccc(F)c3)c3ccc(C(F)(C(F)(F)F)C(F)(F)F)cc3CCC12. The summed E-state index contributed by atoms with van der Waals surface area (Å²) >= 11 is 0. The third-order valence-corrected chi connectivity index (χ3v) is 11.7. The van der Waals surface area contributed by atoms with E-state index >= 15 is 0 Å². The molecule has 1 saturated heterocycles. The highest BCUT2D eigenvalue weighted by Crippen LogP contribution is 2.57. The zero-order chi connectivity index (χ0) is 30.7. The maximum Gasteiger partial charge on any atom is 0.435 e. The van der Waals surface area contributed by atoms with Gasteiger partial charge in [0.05, 0.1) is 10.9 Å². The lowest BCUT2D eigenvalue weighted by molar-refractivity contribution is -0.348. The van der Waals surface area contributed by atoms with Crippen LogP contribution in [0.2, 0.25) is 0 Å². The second-order valence-electron chi connectivity index (χ2n) is 11.4. The molecule has 1 heterocycles. The number of aryl methyl sites for hydroxylation is 1. The van der Waals surface area contributed by atoms with Gasteiger partial charge in [-0.15, -0.1) is 0 Å². The van der Waals surface area contributed by atoms with Crippen LogP contribution < -0.4 is 0 Å². The summed E-state index contributed by atoms with van der Waals surface area (Å²) in [5.74, 6) is -1.44. The van der Waals surface area contributed by atoms with Gasteiger partial charge in [0.2, 0.25) is 5.91 Å². The minimum atomic E-state index is -6.34. The third-order valence-electron chi connectivity index (χ3n) is 9.14. The van der Waals surface area contributed by atoms with Crippen LogP contribution in [-0.2, 0) is 31.5 Å². The highest BCUT2D eigenvalue weighted by atomic mass is 32.2. The largest absolute Gasteiger partial charge is 0.435 e. The number of likely N-dealkylation sites (tertiary alicyclic amines) is 1. The first-order valence-corrected chi connectivity index (χ1v) is 15.3. The molecular formula is C29H29F8NO3S. The molecule has 4 nitrogen and oxygen atoms in total. The Balaban J connectivity index is 1.67. The summed E-state index contributed by atoms with van der Waals surface area (Å²) in [7, 11) is -4.58. The van der Waals surface area contributed by atoms with E-state index in [9.17, 15) is 48.3 Å². The maximum atomic E-state index is 15.0. The number of halogens is 8. The van der Waals surface area contributed by atoms with E-state index in [0.717, 1.165) is 49.9 Å². The summed E-state index contributed by atoms with van der Waals surface area (Å²) < 4.78 is 137. The molecule has 5 rings (SSSR count). The van der Waals surface area contributed by atoms with Crippen LogP contribution in [0.25, 0.3) is 0 Å². The Bertz CT molecular complexity index is 1450. The maximum absolute atomic E-state index is 15.0. The number of amides is 1. The minimum Gasteiger partial charge on any atom is -0.337 e. The number of nitrogens with zero attached hydrogens (tertiary/aromatic N) is 1. The van der Waals surface area contributed by atoms with Crippen LogP contribution in [0.3, 0.4) is 0 Å². The number of sulfone groups is 1. The Kier molecular flexibility index (Phi) is 7.67. The fourth-order valence-corrected chi connectivity index (χ4v) is 9.50. The lowest BCUT2D eigenvalue weighted by Crippen LogP contribution is -2.53. The third kappa shape index (κ3) is 4.61. The van der Waals surface area contributed by atoms with Crippen LogP contribution in [0.4, 0.5) is 35.1 Å². The van der Waals surface area contributed by atoms with Crippen molar-refractivity contribution in [1.29, 1.82) is 0 Å². The predicted octanol–water partition coefficient (Wildman–Crippen LogP) is 7.30. The van der Waals surface area contributed by atoms with E-state index < -0.39 is 54.9 Å². The van der Waals surface area contributed by atoms with E-state index in [1.54, 1.807) is 0 Å². The molecule has 0 radical (unpaired) electrons. The van der Waals surface area contributed by atoms with Crippen molar-refractivity contribution in [2.45, 2.75) is 91.5 Å². The molecule has 2 aromatic rings. The van der Waals surface area contributed by atoms with Crippen molar-refractivity contribution in [3.8, 4) is 0 Å². The number of carbonyl (C=O) groups is 1. The van der Waals surface area contributed by atoms with E-state index in [2.05, 4.69) is 0 Å². The average molecular weight is 624 g/mol. The number of alkyl halides is 7. The molecule has 1 saturated carbocycles. The first-order chi connectivity index (χ1) is 19.6. The Morgan fingerprint density at radius 3 is 2.10 bits per heavy atom. The molecule has 2 atom stereocenters. The van der Waals surface area contributed by atoms with E-state index in [4.69, 9.17) is 0 Å². The molecule has 230 valence electrons. The number of fused-ring (bicyclic) bond motifs is 3. The quantitative estimate of drug-likeness (QED) is 0.265. The van der Waals surface area contributed by atoms with Gasteiger partial charge in [0.25, 0.3) is 0 Å². The lowest BCUT2D eigenvalue weighted by Gasteiger charge is -2.43. The molecule has 2 aromatic carbocycles. The highest BCUT2D eigenvalue weighted by Gasteiger charge is 2.74. The molecule has 13 heteroatoms. The van der Waals surface area contributed by atoms with Gasteiger partial charge in [-0.1, -0.05) is 49.9 Å². The van der Waals surface area contributed by atoms with Crippen molar-refractivity contribution in [3.63, 3.8) is 0 Å². The van der Waals surface area contributed by atoms with Crippen molar-refractivity contribution in [3.05, 3.63) is 65.0 Å². The number of benzene rings is 2. The van der Waals surface area contributed by atoms with E-state index in [1.807, 2.05) is 0 Å². The number of hydrogen-bond donors (Lipinski definition) is 0. The van der Waals surface area contributed by atoms with Crippen LogP contribution in [-0.4, -0.2) is 44.2 Å². The van der Waals surface area contributed by atoms with Gasteiger partial charge in [-0.25, -0.2) is 17.2 Å². The smallest absolute Gasteiger partial charge is 0.337 e. The Morgan fingerprint density at radius 2 is 1.50 bits per heavy atom. The summed E-state index contributed by atoms with van der Waals surface area (Å²) in [6.45, 7) is -0.0200. The van der Waals surface area contributed by atoms with E-state index in [0.29, 0.717) is 25.0 Å². The molecule has 0 aromatic heterocycles. The second-order valence-corrected chi connectivity index (χ2v) is 13.6. The fraction of sp³-hybridized carbons (Fsp3) is 0.552. The summed E-state index contributed by atoms with van der Waals surface area (Å²) in [5, 5.41) is 0. The van der Waals surface area contributed by atoms with Gasteiger partial charge in [0, 0.05) is 18.0 Å². The van der Waals surface area contributed by atoms with Crippen LogP contribution in [0.15, 0.2) is 47.4 Å². The van der Waals surface area contributed by atoms with Crippen molar-refractivity contribution >= 4 is 15.7 Å². The molecule has 1 amide bonds. The molecule has 0 bridgehead atoms. The highest BCUT2D eigenvalue weighted by molar-refractivity contribution is 7.92. The van der Waals surface area contributed by atoms with Gasteiger partial charge < -0.3 is 4.90 Å². The lowest BCUT2D eigenvalue weighted by atomic mass is 9.76. The standard InChI is InChI=1S/C29H29F8NO3S/c30-21-8-5-9-22(17-21)42(40,41)26-14-15-38(25(39)18-6-3-1-2-4-7-18)24(26)13-10-19-16-20(11-12-23(19)26)27(31,28(32,33)34)29(35,36)37/h5,8-9,11-12,16-18,24H,1-4,6-7,10,13-15H2. The molecule has 3 aliphatic rings. The zero-order valence-electron chi connectivity index (χ0n) is 22.4. The van der Waals surface area contributed by atoms with Gasteiger partial charge in [0.1, 0.15) is 10.6 Å². The summed E-state index contributed by atoms with van der Waals surface area (Å²) in [6, 6.07) is 4.71. The Morgan fingerprint density at radius 1 is 0.857 bits per heavy atom. The number of hydrogen-bond acceptors (Lipinski definition) is 3. The average Bonchev–Trinajstić information content (AvgIpc) is 3.12. The molecule has 0 spiro atoms. The Hall–Kier alpha value is -2.70. The molecule has 2 aliphatic carbocycles. The minimum absolute atomic E-state index is 0.0200.